The van der Waals surface area contributed by atoms with Gasteiger partial charge in [0.05, 0.1) is 0 Å². The first kappa shape index (κ1) is 11.1. The van der Waals surface area contributed by atoms with Crippen LogP contribution < -0.4 is 5.73 Å². The van der Waals surface area contributed by atoms with Crippen LogP contribution in [0.4, 0.5) is 0 Å². The van der Waals surface area contributed by atoms with Crippen LogP contribution in [0.25, 0.3) is 0 Å². The van der Waals surface area contributed by atoms with Gasteiger partial charge in [-0.15, -0.1) is 0 Å². The second-order valence-electron chi connectivity index (χ2n) is 6.72. The molecule has 0 aromatic carbocycles. The lowest BCUT2D eigenvalue weighted by Crippen LogP contribution is -2.37. The molecular weight excluding hydrogens is 194 g/mol. The van der Waals surface area contributed by atoms with Gasteiger partial charge in [0.1, 0.15) is 0 Å². The SMILES string of the molecule is NC(CC1CC1)C1CCC2CCCCC2C1. The molecule has 0 aromatic rings. The van der Waals surface area contributed by atoms with Gasteiger partial charge in [-0.2, -0.15) is 0 Å². The molecule has 4 atom stereocenters. The zero-order valence-corrected chi connectivity index (χ0v) is 10.5. The van der Waals surface area contributed by atoms with Gasteiger partial charge in [-0.1, -0.05) is 38.5 Å². The molecule has 0 saturated heterocycles. The Hall–Kier alpha value is -0.0400. The first-order chi connectivity index (χ1) is 7.83. The summed E-state index contributed by atoms with van der Waals surface area (Å²) in [5.74, 6) is 4.02. The first-order valence-electron chi connectivity index (χ1n) is 7.58. The number of hydrogen-bond donors (Lipinski definition) is 1. The fourth-order valence-electron chi connectivity index (χ4n) is 4.23. The van der Waals surface area contributed by atoms with Crippen molar-refractivity contribution < 1.29 is 0 Å². The largest absolute Gasteiger partial charge is 0.327 e. The summed E-state index contributed by atoms with van der Waals surface area (Å²) >= 11 is 0. The van der Waals surface area contributed by atoms with E-state index in [0.717, 1.165) is 23.7 Å². The predicted octanol–water partition coefficient (Wildman–Crippen LogP) is 3.72. The van der Waals surface area contributed by atoms with E-state index in [1.807, 2.05) is 0 Å². The zero-order valence-electron chi connectivity index (χ0n) is 10.5. The lowest BCUT2D eigenvalue weighted by Gasteiger charge is -2.41. The van der Waals surface area contributed by atoms with Crippen LogP contribution in [-0.2, 0) is 0 Å². The maximum Gasteiger partial charge on any atom is 0.00699 e. The molecule has 0 amide bonds. The molecule has 4 unspecified atom stereocenters. The summed E-state index contributed by atoms with van der Waals surface area (Å²) in [6, 6.07) is 0.537. The minimum Gasteiger partial charge on any atom is -0.327 e. The Kier molecular flexibility index (Phi) is 3.24. The molecule has 0 aromatic heterocycles. The monoisotopic (exact) mass is 221 g/mol. The molecule has 3 rings (SSSR count). The van der Waals surface area contributed by atoms with Crippen LogP contribution in [0.1, 0.15) is 64.2 Å². The van der Waals surface area contributed by atoms with Crippen LogP contribution in [0.3, 0.4) is 0 Å². The van der Waals surface area contributed by atoms with Crippen molar-refractivity contribution in [1.29, 1.82) is 0 Å². The van der Waals surface area contributed by atoms with Crippen molar-refractivity contribution in [1.82, 2.24) is 0 Å². The molecular formula is C15H27N. The number of rotatable bonds is 3. The smallest absolute Gasteiger partial charge is 0.00699 e. The molecule has 3 aliphatic rings. The highest BCUT2D eigenvalue weighted by Gasteiger charge is 2.35. The molecule has 0 bridgehead atoms. The van der Waals surface area contributed by atoms with E-state index >= 15 is 0 Å². The van der Waals surface area contributed by atoms with Gasteiger partial charge >= 0.3 is 0 Å². The third-order valence-corrected chi connectivity index (χ3v) is 5.49. The Morgan fingerprint density at radius 3 is 2.38 bits per heavy atom. The van der Waals surface area contributed by atoms with E-state index in [4.69, 9.17) is 5.73 Å². The minimum atomic E-state index is 0.537. The molecule has 92 valence electrons. The summed E-state index contributed by atoms with van der Waals surface area (Å²) in [6.07, 6.45) is 14.7. The van der Waals surface area contributed by atoms with Gasteiger partial charge in [0.15, 0.2) is 0 Å². The van der Waals surface area contributed by atoms with Crippen LogP contribution in [0.2, 0.25) is 0 Å². The Morgan fingerprint density at radius 2 is 1.62 bits per heavy atom. The van der Waals surface area contributed by atoms with Crippen molar-refractivity contribution >= 4 is 0 Å². The van der Waals surface area contributed by atoms with Crippen molar-refractivity contribution in [3.05, 3.63) is 0 Å². The van der Waals surface area contributed by atoms with Gasteiger partial charge in [0.2, 0.25) is 0 Å². The zero-order chi connectivity index (χ0) is 11.0. The number of nitrogens with two attached hydrogens (primary N) is 1. The second-order valence-corrected chi connectivity index (χ2v) is 6.72. The normalized spacial score (nSPS) is 41.4. The fourth-order valence-corrected chi connectivity index (χ4v) is 4.23. The molecule has 3 aliphatic carbocycles. The molecule has 0 radical (unpaired) electrons. The lowest BCUT2D eigenvalue weighted by molar-refractivity contribution is 0.114. The van der Waals surface area contributed by atoms with E-state index in [2.05, 4.69) is 0 Å². The summed E-state index contributed by atoms with van der Waals surface area (Å²) in [5, 5.41) is 0. The Balaban J connectivity index is 1.52. The molecule has 1 nitrogen and oxygen atoms in total. The van der Waals surface area contributed by atoms with Crippen LogP contribution >= 0.6 is 0 Å². The van der Waals surface area contributed by atoms with Gasteiger partial charge in [0, 0.05) is 6.04 Å². The third-order valence-electron chi connectivity index (χ3n) is 5.49. The molecule has 2 N–H and O–H groups in total. The summed E-state index contributed by atoms with van der Waals surface area (Å²) < 4.78 is 0. The maximum absolute atomic E-state index is 6.41. The Bertz CT molecular complexity index is 234. The van der Waals surface area contributed by atoms with E-state index in [1.165, 1.54) is 64.2 Å². The molecule has 0 aliphatic heterocycles. The lowest BCUT2D eigenvalue weighted by atomic mass is 9.66. The van der Waals surface area contributed by atoms with E-state index in [9.17, 15) is 0 Å². The van der Waals surface area contributed by atoms with Crippen molar-refractivity contribution in [3.63, 3.8) is 0 Å². The van der Waals surface area contributed by atoms with Crippen molar-refractivity contribution in [2.24, 2.45) is 29.4 Å². The molecule has 3 saturated carbocycles. The summed E-state index contributed by atoms with van der Waals surface area (Å²) in [6.45, 7) is 0. The van der Waals surface area contributed by atoms with Gasteiger partial charge in [-0.05, 0) is 49.4 Å². The van der Waals surface area contributed by atoms with Crippen LogP contribution in [0.15, 0.2) is 0 Å². The fraction of sp³-hybridized carbons (Fsp3) is 1.00. The number of fused-ring (bicyclic) bond motifs is 1. The second kappa shape index (κ2) is 4.68. The molecule has 0 heterocycles. The average Bonchev–Trinajstić information content (AvgIpc) is 3.12. The van der Waals surface area contributed by atoms with Gasteiger partial charge in [0.25, 0.3) is 0 Å². The van der Waals surface area contributed by atoms with Crippen LogP contribution in [0, 0.1) is 23.7 Å². The van der Waals surface area contributed by atoms with Crippen molar-refractivity contribution in [2.45, 2.75) is 70.3 Å². The quantitative estimate of drug-likeness (QED) is 0.772. The highest BCUT2D eigenvalue weighted by Crippen LogP contribution is 2.45. The topological polar surface area (TPSA) is 26.0 Å². The number of hydrogen-bond acceptors (Lipinski definition) is 1. The molecule has 1 heteroatoms. The van der Waals surface area contributed by atoms with Crippen molar-refractivity contribution in [2.75, 3.05) is 0 Å². The third kappa shape index (κ3) is 2.45. The van der Waals surface area contributed by atoms with Gasteiger partial charge in [-0.25, -0.2) is 0 Å². The van der Waals surface area contributed by atoms with Crippen molar-refractivity contribution in [3.8, 4) is 0 Å². The Morgan fingerprint density at radius 1 is 0.875 bits per heavy atom. The highest BCUT2D eigenvalue weighted by molar-refractivity contribution is 4.89. The minimum absolute atomic E-state index is 0.537. The molecule has 3 fully saturated rings. The van der Waals surface area contributed by atoms with E-state index in [1.54, 1.807) is 0 Å². The van der Waals surface area contributed by atoms with Crippen LogP contribution in [-0.4, -0.2) is 6.04 Å². The first-order valence-corrected chi connectivity index (χ1v) is 7.58. The predicted molar refractivity (Wildman–Crippen MR) is 68.1 cm³/mol. The molecule has 0 spiro atoms. The summed E-state index contributed by atoms with van der Waals surface area (Å²) in [7, 11) is 0. The van der Waals surface area contributed by atoms with E-state index in [0.29, 0.717) is 6.04 Å². The van der Waals surface area contributed by atoms with Crippen LogP contribution in [0.5, 0.6) is 0 Å². The highest BCUT2D eigenvalue weighted by atomic mass is 14.7. The average molecular weight is 221 g/mol. The van der Waals surface area contributed by atoms with Gasteiger partial charge < -0.3 is 5.73 Å². The van der Waals surface area contributed by atoms with E-state index < -0.39 is 0 Å². The van der Waals surface area contributed by atoms with E-state index in [-0.39, 0.29) is 0 Å². The maximum atomic E-state index is 6.41. The summed E-state index contributed by atoms with van der Waals surface area (Å²) in [5.41, 5.74) is 6.41. The summed E-state index contributed by atoms with van der Waals surface area (Å²) in [4.78, 5) is 0. The van der Waals surface area contributed by atoms with Gasteiger partial charge in [-0.3, -0.25) is 0 Å². The Labute approximate surface area is 100 Å². The molecule has 16 heavy (non-hydrogen) atoms. The standard InChI is InChI=1S/C15H27N/c16-15(9-11-5-6-11)14-8-7-12-3-1-2-4-13(12)10-14/h11-15H,1-10,16H2.